The van der Waals surface area contributed by atoms with Crippen LogP contribution in [0.15, 0.2) is 35.5 Å². The quantitative estimate of drug-likeness (QED) is 0.702. The molecular weight excluding hydrogens is 366 g/mol. The van der Waals surface area contributed by atoms with Crippen LogP contribution < -0.4 is 10.1 Å². The fraction of sp³-hybridized carbons (Fsp3) is 0.333. The Morgan fingerprint density at radius 1 is 1.33 bits per heavy atom. The van der Waals surface area contributed by atoms with E-state index in [1.807, 2.05) is 29.7 Å². The fourth-order valence-corrected chi connectivity index (χ4v) is 3.84. The number of aromatic nitrogens is 3. The highest BCUT2D eigenvalue weighted by atomic mass is 32.1. The Balaban J connectivity index is 2.09. The average molecular weight is 387 g/mol. The van der Waals surface area contributed by atoms with Crippen molar-refractivity contribution in [3.8, 4) is 0 Å². The number of carbonyl (C=O) groups is 2. The van der Waals surface area contributed by atoms with Crippen LogP contribution in [-0.2, 0) is 22.6 Å². The molecule has 3 aromatic rings. The molecule has 0 aliphatic carbocycles. The van der Waals surface area contributed by atoms with E-state index in [0.717, 1.165) is 10.2 Å². The number of carbonyl (C=O) groups excluding carboxylic acids is 2. The number of aryl methyl sites for hydroxylation is 1. The largest absolute Gasteiger partial charge is 0.383 e. The topological polar surface area (TPSA) is 90.5 Å². The second-order valence-corrected chi connectivity index (χ2v) is 6.85. The summed E-state index contributed by atoms with van der Waals surface area (Å²) < 4.78 is 9.69. The number of amides is 2. The van der Waals surface area contributed by atoms with E-state index < -0.39 is 0 Å². The lowest BCUT2D eigenvalue weighted by molar-refractivity contribution is -0.114. The van der Waals surface area contributed by atoms with Gasteiger partial charge in [0.1, 0.15) is 5.69 Å². The van der Waals surface area contributed by atoms with Gasteiger partial charge in [-0.1, -0.05) is 11.3 Å². The molecule has 2 heterocycles. The number of nitrogens with one attached hydrogen (secondary N) is 1. The molecule has 3 rings (SSSR count). The summed E-state index contributed by atoms with van der Waals surface area (Å²) in [4.78, 5) is 28.9. The third-order valence-corrected chi connectivity index (χ3v) is 5.00. The van der Waals surface area contributed by atoms with Crippen molar-refractivity contribution in [2.75, 3.05) is 19.0 Å². The minimum absolute atomic E-state index is 0.133. The van der Waals surface area contributed by atoms with Crippen molar-refractivity contribution in [3.63, 3.8) is 0 Å². The first-order valence-electron chi connectivity index (χ1n) is 8.54. The van der Waals surface area contributed by atoms with Gasteiger partial charge in [0.15, 0.2) is 4.80 Å². The van der Waals surface area contributed by atoms with Crippen LogP contribution in [0.1, 0.15) is 24.3 Å². The molecule has 8 nitrogen and oxygen atoms in total. The van der Waals surface area contributed by atoms with Crippen LogP contribution in [0.3, 0.4) is 0 Å². The van der Waals surface area contributed by atoms with Crippen LogP contribution in [-0.4, -0.2) is 39.9 Å². The molecule has 0 aliphatic rings. The normalized spacial score (nSPS) is 11.9. The summed E-state index contributed by atoms with van der Waals surface area (Å²) >= 11 is 1.39. The van der Waals surface area contributed by atoms with Crippen LogP contribution in [0, 0.1) is 0 Å². The summed E-state index contributed by atoms with van der Waals surface area (Å²) in [6.45, 7) is 5.04. The summed E-state index contributed by atoms with van der Waals surface area (Å²) in [6.07, 6.45) is 1.59. The van der Waals surface area contributed by atoms with Crippen molar-refractivity contribution in [1.82, 2.24) is 14.3 Å². The van der Waals surface area contributed by atoms with Gasteiger partial charge in [-0.25, -0.2) is 0 Å². The summed E-state index contributed by atoms with van der Waals surface area (Å²) in [7, 11) is 1.63. The van der Waals surface area contributed by atoms with E-state index in [-0.39, 0.29) is 11.8 Å². The van der Waals surface area contributed by atoms with Gasteiger partial charge in [0, 0.05) is 39.0 Å². The summed E-state index contributed by atoms with van der Waals surface area (Å²) in [5, 5.41) is 6.90. The molecule has 9 heteroatoms. The van der Waals surface area contributed by atoms with E-state index in [4.69, 9.17) is 4.74 Å². The number of anilines is 1. The average Bonchev–Trinajstić information content (AvgIpc) is 3.23. The molecule has 0 spiro atoms. The monoisotopic (exact) mass is 387 g/mol. The van der Waals surface area contributed by atoms with Crippen LogP contribution in [0.4, 0.5) is 5.69 Å². The van der Waals surface area contributed by atoms with Gasteiger partial charge in [-0.2, -0.15) is 10.1 Å². The van der Waals surface area contributed by atoms with Crippen LogP contribution >= 0.6 is 11.3 Å². The fourth-order valence-electron chi connectivity index (χ4n) is 2.75. The number of rotatable bonds is 6. The Kier molecular flexibility index (Phi) is 5.82. The molecule has 0 saturated carbocycles. The molecule has 0 saturated heterocycles. The van der Waals surface area contributed by atoms with Crippen molar-refractivity contribution >= 4 is 39.1 Å². The van der Waals surface area contributed by atoms with Gasteiger partial charge in [-0.05, 0) is 31.2 Å². The van der Waals surface area contributed by atoms with Crippen molar-refractivity contribution in [1.29, 1.82) is 0 Å². The number of fused-ring (bicyclic) bond motifs is 1. The van der Waals surface area contributed by atoms with E-state index >= 15 is 0 Å². The number of benzene rings is 1. The number of ether oxygens (including phenoxy) is 1. The molecular formula is C18H21N5O3S. The minimum Gasteiger partial charge on any atom is -0.383 e. The molecule has 0 fully saturated rings. The zero-order valence-corrected chi connectivity index (χ0v) is 16.2. The predicted octanol–water partition coefficient (Wildman–Crippen LogP) is 2.27. The number of hydrogen-bond donors (Lipinski definition) is 1. The van der Waals surface area contributed by atoms with Crippen molar-refractivity contribution in [3.05, 3.63) is 41.0 Å². The first kappa shape index (κ1) is 19.0. The van der Waals surface area contributed by atoms with Gasteiger partial charge in [-0.3, -0.25) is 14.3 Å². The van der Waals surface area contributed by atoms with Crippen LogP contribution in [0.25, 0.3) is 10.2 Å². The second-order valence-electron chi connectivity index (χ2n) is 5.84. The zero-order chi connectivity index (χ0) is 19.4. The molecule has 2 aromatic heterocycles. The maximum Gasteiger partial charge on any atom is 0.297 e. The Labute approximate surface area is 160 Å². The van der Waals surface area contributed by atoms with Crippen LogP contribution in [0.5, 0.6) is 0 Å². The predicted molar refractivity (Wildman–Crippen MR) is 104 cm³/mol. The smallest absolute Gasteiger partial charge is 0.297 e. The number of nitrogens with zero attached hydrogens (tertiary/aromatic N) is 4. The number of hydrogen-bond acceptors (Lipinski definition) is 5. The molecule has 2 amide bonds. The van der Waals surface area contributed by atoms with Gasteiger partial charge in [0.25, 0.3) is 5.91 Å². The molecule has 0 atom stereocenters. The maximum absolute atomic E-state index is 12.6. The SMILES string of the molecule is CCn1nccc1C(=O)N=c1sc2cc(NC(C)=O)ccc2n1CCOC. The molecule has 142 valence electrons. The molecule has 0 radical (unpaired) electrons. The van der Waals surface area contributed by atoms with Gasteiger partial charge in [0.05, 0.1) is 16.8 Å². The lowest BCUT2D eigenvalue weighted by atomic mass is 10.3. The molecule has 1 N–H and O–H groups in total. The van der Waals surface area contributed by atoms with E-state index in [1.165, 1.54) is 18.3 Å². The van der Waals surface area contributed by atoms with Crippen molar-refractivity contribution in [2.24, 2.45) is 4.99 Å². The van der Waals surface area contributed by atoms with Gasteiger partial charge >= 0.3 is 0 Å². The third kappa shape index (κ3) is 4.15. The highest BCUT2D eigenvalue weighted by Crippen LogP contribution is 2.22. The number of thiazole rings is 1. The molecule has 0 bridgehead atoms. The van der Waals surface area contributed by atoms with E-state index in [2.05, 4.69) is 15.4 Å². The Morgan fingerprint density at radius 2 is 2.15 bits per heavy atom. The summed E-state index contributed by atoms with van der Waals surface area (Å²) in [6, 6.07) is 7.28. The first-order valence-corrected chi connectivity index (χ1v) is 9.36. The highest BCUT2D eigenvalue weighted by Gasteiger charge is 2.13. The lowest BCUT2D eigenvalue weighted by Gasteiger charge is -2.06. The number of methoxy groups -OCH3 is 1. The maximum atomic E-state index is 12.6. The van der Waals surface area contributed by atoms with E-state index in [9.17, 15) is 9.59 Å². The minimum atomic E-state index is -0.339. The van der Waals surface area contributed by atoms with E-state index in [0.29, 0.717) is 35.9 Å². The summed E-state index contributed by atoms with van der Waals surface area (Å²) in [5.74, 6) is -0.472. The molecule has 27 heavy (non-hydrogen) atoms. The van der Waals surface area contributed by atoms with Gasteiger partial charge in [-0.15, -0.1) is 0 Å². The van der Waals surface area contributed by atoms with Gasteiger partial charge in [0.2, 0.25) is 5.91 Å². The van der Waals surface area contributed by atoms with Crippen molar-refractivity contribution < 1.29 is 14.3 Å². The standard InChI is InChI=1S/C18H21N5O3S/c1-4-23-15(7-8-19-23)17(25)21-18-22(9-10-26-3)14-6-5-13(20-12(2)24)11-16(14)27-18/h5-8,11H,4,9-10H2,1-3H3,(H,20,24). The van der Waals surface area contributed by atoms with Crippen molar-refractivity contribution in [2.45, 2.75) is 26.9 Å². The Hall–Kier alpha value is -2.78. The Morgan fingerprint density at radius 3 is 2.85 bits per heavy atom. The molecule has 1 aromatic carbocycles. The zero-order valence-electron chi connectivity index (χ0n) is 15.4. The lowest BCUT2D eigenvalue weighted by Crippen LogP contribution is -2.20. The van der Waals surface area contributed by atoms with E-state index in [1.54, 1.807) is 24.1 Å². The van der Waals surface area contributed by atoms with Crippen LogP contribution in [0.2, 0.25) is 0 Å². The van der Waals surface area contributed by atoms with Gasteiger partial charge < -0.3 is 14.6 Å². The first-order chi connectivity index (χ1) is 13.0. The summed E-state index contributed by atoms with van der Waals surface area (Å²) in [5.41, 5.74) is 2.09. The molecule has 0 aliphatic heterocycles. The third-order valence-electron chi connectivity index (χ3n) is 3.95. The highest BCUT2D eigenvalue weighted by molar-refractivity contribution is 7.16. The molecule has 0 unspecified atom stereocenters. The second kappa shape index (κ2) is 8.28. The Bertz CT molecular complexity index is 1050.